The maximum absolute atomic E-state index is 13.0. The Morgan fingerprint density at radius 2 is 1.81 bits per heavy atom. The van der Waals surface area contributed by atoms with E-state index in [4.69, 9.17) is 21.1 Å². The molecule has 3 aromatic rings. The number of benzene rings is 2. The van der Waals surface area contributed by atoms with Gasteiger partial charge in [0.1, 0.15) is 17.9 Å². The number of aromatic nitrogens is 3. The molecule has 0 bridgehead atoms. The lowest BCUT2D eigenvalue weighted by Crippen LogP contribution is -2.54. The van der Waals surface area contributed by atoms with Crippen molar-refractivity contribution in [2.45, 2.75) is 25.5 Å². The van der Waals surface area contributed by atoms with Gasteiger partial charge in [0.2, 0.25) is 0 Å². The van der Waals surface area contributed by atoms with Crippen molar-refractivity contribution < 1.29 is 19.1 Å². The molecule has 11 heteroatoms. The Morgan fingerprint density at radius 1 is 1.03 bits per heavy atom. The number of amides is 2. The molecule has 36 heavy (non-hydrogen) atoms. The fourth-order valence-electron chi connectivity index (χ4n) is 4.95. The first-order valence-corrected chi connectivity index (χ1v) is 12.5. The first kappa shape index (κ1) is 24.3. The number of nitrogens with one attached hydrogen (secondary N) is 1. The predicted molar refractivity (Wildman–Crippen MR) is 134 cm³/mol. The Balaban J connectivity index is 1.08. The lowest BCUT2D eigenvalue weighted by atomic mass is 10.0. The van der Waals surface area contributed by atoms with Crippen molar-refractivity contribution in [2.75, 3.05) is 46.4 Å². The molecule has 1 N–H and O–H groups in total. The third-order valence-electron chi connectivity index (χ3n) is 7.01. The molecular weight excluding hydrogens is 484 g/mol. The van der Waals surface area contributed by atoms with Crippen LogP contribution in [0.1, 0.15) is 28.8 Å². The summed E-state index contributed by atoms with van der Waals surface area (Å²) < 4.78 is 10.8. The number of aromatic amines is 1. The topological polar surface area (TPSA) is 104 Å². The molecule has 2 aromatic carbocycles. The molecule has 0 radical (unpaired) electrons. The molecule has 5 rings (SSSR count). The van der Waals surface area contributed by atoms with Crippen molar-refractivity contribution in [1.82, 2.24) is 30.1 Å². The summed E-state index contributed by atoms with van der Waals surface area (Å²) in [5.41, 5.74) is 2.88. The third kappa shape index (κ3) is 5.24. The van der Waals surface area contributed by atoms with E-state index in [1.54, 1.807) is 36.3 Å². The van der Waals surface area contributed by atoms with E-state index in [2.05, 4.69) is 20.3 Å². The van der Waals surface area contributed by atoms with Crippen LogP contribution in [-0.2, 0) is 11.3 Å². The average Bonchev–Trinajstić information content (AvgIpc) is 3.40. The lowest BCUT2D eigenvalue weighted by molar-refractivity contribution is 0.0393. The molecule has 2 aliphatic rings. The molecule has 2 aliphatic heterocycles. The minimum Gasteiger partial charge on any atom is -0.496 e. The van der Waals surface area contributed by atoms with Crippen LogP contribution in [0.5, 0.6) is 5.75 Å². The number of hydrogen-bond acceptors (Lipinski definition) is 7. The average molecular weight is 513 g/mol. The number of hydrogen-bond donors (Lipinski definition) is 1. The summed E-state index contributed by atoms with van der Waals surface area (Å²) in [6.07, 6.45) is 1.50. The van der Waals surface area contributed by atoms with Crippen molar-refractivity contribution in [3.63, 3.8) is 0 Å². The van der Waals surface area contributed by atoms with Crippen LogP contribution in [0.2, 0.25) is 5.02 Å². The van der Waals surface area contributed by atoms with Crippen molar-refractivity contribution in [3.8, 4) is 5.75 Å². The predicted octanol–water partition coefficient (Wildman–Crippen LogP) is 3.18. The van der Waals surface area contributed by atoms with Crippen molar-refractivity contribution >= 4 is 34.6 Å². The Kier molecular flexibility index (Phi) is 7.24. The highest BCUT2D eigenvalue weighted by atomic mass is 35.5. The van der Waals surface area contributed by atoms with Gasteiger partial charge in [0.05, 0.1) is 12.6 Å². The van der Waals surface area contributed by atoms with Crippen LogP contribution in [0.15, 0.2) is 36.4 Å². The highest BCUT2D eigenvalue weighted by Crippen LogP contribution is 2.24. The number of H-pyrrole nitrogens is 1. The van der Waals surface area contributed by atoms with Gasteiger partial charge in [-0.2, -0.15) is 0 Å². The van der Waals surface area contributed by atoms with Crippen LogP contribution in [0.25, 0.3) is 11.0 Å². The zero-order valence-corrected chi connectivity index (χ0v) is 20.9. The summed E-state index contributed by atoms with van der Waals surface area (Å²) in [6, 6.07) is 11.1. The second kappa shape index (κ2) is 10.7. The first-order chi connectivity index (χ1) is 17.5. The van der Waals surface area contributed by atoms with Crippen LogP contribution in [0, 0.1) is 0 Å². The number of likely N-dealkylation sites (tertiary alicyclic amines) is 1. The number of ether oxygens (including phenoxy) is 2. The van der Waals surface area contributed by atoms with E-state index in [1.807, 2.05) is 17.0 Å². The van der Waals surface area contributed by atoms with Gasteiger partial charge in [0, 0.05) is 61.5 Å². The molecule has 1 aromatic heterocycles. The van der Waals surface area contributed by atoms with Crippen LogP contribution in [-0.4, -0.2) is 94.5 Å². The molecule has 0 aliphatic carbocycles. The van der Waals surface area contributed by atoms with E-state index in [1.165, 1.54) is 0 Å². The Morgan fingerprint density at radius 3 is 2.56 bits per heavy atom. The van der Waals surface area contributed by atoms with Crippen LogP contribution >= 0.6 is 11.6 Å². The number of methoxy groups -OCH3 is 1. The molecular formula is C25H29ClN6O4. The minimum atomic E-state index is -0.332. The molecule has 0 spiro atoms. The molecule has 2 amide bonds. The number of rotatable bonds is 5. The summed E-state index contributed by atoms with van der Waals surface area (Å²) in [4.78, 5) is 31.7. The first-order valence-electron chi connectivity index (χ1n) is 12.1. The van der Waals surface area contributed by atoms with E-state index in [0.717, 1.165) is 37.0 Å². The van der Waals surface area contributed by atoms with Gasteiger partial charge in [-0.1, -0.05) is 16.8 Å². The number of piperazine rings is 1. The highest BCUT2D eigenvalue weighted by molar-refractivity contribution is 6.30. The molecule has 190 valence electrons. The number of piperidine rings is 1. The van der Waals surface area contributed by atoms with Gasteiger partial charge < -0.3 is 19.3 Å². The maximum atomic E-state index is 13.0. The summed E-state index contributed by atoms with van der Waals surface area (Å²) in [5, 5.41) is 11.2. The van der Waals surface area contributed by atoms with E-state index < -0.39 is 0 Å². The molecule has 0 atom stereocenters. The smallest absolute Gasteiger partial charge is 0.410 e. The van der Waals surface area contributed by atoms with E-state index in [-0.39, 0.29) is 18.6 Å². The van der Waals surface area contributed by atoms with Crippen molar-refractivity contribution in [3.05, 3.63) is 52.5 Å². The fraction of sp³-hybridized carbons (Fsp3) is 0.440. The zero-order chi connectivity index (χ0) is 25.1. The van der Waals surface area contributed by atoms with Gasteiger partial charge in [-0.25, -0.2) is 4.79 Å². The molecule has 2 fully saturated rings. The largest absolute Gasteiger partial charge is 0.496 e. The summed E-state index contributed by atoms with van der Waals surface area (Å²) in [7, 11) is 1.58. The Bertz CT molecular complexity index is 1230. The molecule has 3 heterocycles. The van der Waals surface area contributed by atoms with Gasteiger partial charge in [0.15, 0.2) is 0 Å². The number of halogens is 1. The van der Waals surface area contributed by atoms with Gasteiger partial charge >= 0.3 is 6.09 Å². The molecule has 2 saturated heterocycles. The maximum Gasteiger partial charge on any atom is 0.410 e. The number of carbonyl (C=O) groups excluding carboxylic acids is 2. The summed E-state index contributed by atoms with van der Waals surface area (Å²) in [5.74, 6) is 0.669. The van der Waals surface area contributed by atoms with Crippen LogP contribution in [0.3, 0.4) is 0 Å². The van der Waals surface area contributed by atoms with Crippen molar-refractivity contribution in [1.29, 1.82) is 0 Å². The van der Waals surface area contributed by atoms with Crippen molar-refractivity contribution in [2.24, 2.45) is 0 Å². The van der Waals surface area contributed by atoms with Gasteiger partial charge in [0.25, 0.3) is 5.91 Å². The van der Waals surface area contributed by atoms with Crippen LogP contribution < -0.4 is 4.74 Å². The van der Waals surface area contributed by atoms with Gasteiger partial charge in [-0.05, 0) is 49.2 Å². The fourth-order valence-corrected chi connectivity index (χ4v) is 5.15. The lowest BCUT2D eigenvalue weighted by Gasteiger charge is -2.42. The van der Waals surface area contributed by atoms with Crippen LogP contribution in [0.4, 0.5) is 4.79 Å². The second-order valence-electron chi connectivity index (χ2n) is 9.10. The minimum absolute atomic E-state index is 0.0299. The SMILES string of the molecule is COc1ccc(Cl)cc1COC(=O)N1CCN(C2CCN(C(=O)c3ccc4[nH]nnc4c3)CC2)CC1. The Hall–Kier alpha value is -3.37. The zero-order valence-electron chi connectivity index (χ0n) is 20.2. The third-order valence-corrected chi connectivity index (χ3v) is 7.24. The number of fused-ring (bicyclic) bond motifs is 1. The quantitative estimate of drug-likeness (QED) is 0.560. The highest BCUT2D eigenvalue weighted by Gasteiger charge is 2.31. The monoisotopic (exact) mass is 512 g/mol. The van der Waals surface area contributed by atoms with E-state index >= 15 is 0 Å². The molecule has 0 saturated carbocycles. The summed E-state index contributed by atoms with van der Waals surface area (Å²) >= 11 is 6.06. The number of nitrogens with zero attached hydrogens (tertiary/aromatic N) is 5. The normalized spacial score (nSPS) is 17.4. The molecule has 0 unspecified atom stereocenters. The van der Waals surface area contributed by atoms with E-state index in [0.29, 0.717) is 54.1 Å². The van der Waals surface area contributed by atoms with Gasteiger partial charge in [-0.3, -0.25) is 14.8 Å². The second-order valence-corrected chi connectivity index (χ2v) is 9.54. The summed E-state index contributed by atoms with van der Waals surface area (Å²) in [6.45, 7) is 4.34. The van der Waals surface area contributed by atoms with Gasteiger partial charge in [-0.15, -0.1) is 5.10 Å². The molecule has 10 nitrogen and oxygen atoms in total. The van der Waals surface area contributed by atoms with E-state index in [9.17, 15) is 9.59 Å². The standard InChI is InChI=1S/C25H29ClN6O4/c1-35-23-5-3-19(26)14-18(23)16-36-25(34)32-12-10-30(11-13-32)20-6-8-31(9-7-20)24(33)17-2-4-21-22(15-17)28-29-27-21/h2-5,14-15,20H,6-13,16H2,1H3,(H,27,28,29). The number of carbonyl (C=O) groups is 2. The Labute approximate surface area is 214 Å².